The fraction of sp³-hybridized carbons (Fsp3) is 0.391. The lowest BCUT2D eigenvalue weighted by atomic mass is 10.1. The van der Waals surface area contributed by atoms with Crippen LogP contribution < -0.4 is 15.4 Å². The third kappa shape index (κ3) is 6.22. The molecule has 7 nitrogen and oxygen atoms in total. The molecule has 2 aromatic rings. The molecule has 30 heavy (non-hydrogen) atoms. The minimum Gasteiger partial charge on any atom is -0.497 e. The van der Waals surface area contributed by atoms with Gasteiger partial charge in [0.2, 0.25) is 5.91 Å². The van der Waals surface area contributed by atoms with E-state index >= 15 is 0 Å². The number of nitrogens with one attached hydrogen (secondary N) is 2. The predicted octanol–water partition coefficient (Wildman–Crippen LogP) is 3.04. The van der Waals surface area contributed by atoms with Crippen LogP contribution in [0.3, 0.4) is 0 Å². The Balaban J connectivity index is 1.37. The van der Waals surface area contributed by atoms with E-state index in [-0.39, 0.29) is 11.9 Å². The lowest BCUT2D eigenvalue weighted by molar-refractivity contribution is -0.130. The van der Waals surface area contributed by atoms with Crippen molar-refractivity contribution in [3.05, 3.63) is 48.5 Å². The third-order valence-electron chi connectivity index (χ3n) is 5.30. The van der Waals surface area contributed by atoms with Crippen LogP contribution in [0.4, 0.5) is 10.5 Å². The summed E-state index contributed by atoms with van der Waals surface area (Å²) in [6.07, 6.45) is 0.877. The Labute approximate surface area is 178 Å². The minimum atomic E-state index is -0.203. The van der Waals surface area contributed by atoms with Gasteiger partial charge in [0.05, 0.1) is 7.11 Å². The van der Waals surface area contributed by atoms with Crippen LogP contribution in [-0.4, -0.2) is 68.1 Å². The van der Waals surface area contributed by atoms with Gasteiger partial charge in [-0.1, -0.05) is 24.3 Å². The summed E-state index contributed by atoms with van der Waals surface area (Å²) >= 11 is 0. The van der Waals surface area contributed by atoms with Crippen molar-refractivity contribution >= 4 is 17.6 Å². The van der Waals surface area contributed by atoms with Crippen LogP contribution in [0.2, 0.25) is 0 Å². The van der Waals surface area contributed by atoms with Crippen LogP contribution >= 0.6 is 0 Å². The number of methoxy groups -OCH3 is 1. The molecule has 3 amide bonds. The molecule has 3 rings (SSSR count). The molecule has 2 N–H and O–H groups in total. The van der Waals surface area contributed by atoms with Gasteiger partial charge in [0.15, 0.2) is 0 Å². The lowest BCUT2D eigenvalue weighted by Crippen LogP contribution is -2.48. The van der Waals surface area contributed by atoms with Crippen molar-refractivity contribution in [3.8, 4) is 16.9 Å². The number of benzene rings is 2. The standard InChI is InChI=1S/C23H30N4O3/c1-18(28)27-15-13-26(14-16-27)12-4-11-24-23(29)25-21-9-7-19(8-10-21)20-5-3-6-22(17-20)30-2/h3,5-10,17H,4,11-16H2,1-2H3,(H2,24,25,29). The predicted molar refractivity (Wildman–Crippen MR) is 119 cm³/mol. The maximum Gasteiger partial charge on any atom is 0.319 e. The molecule has 0 aliphatic carbocycles. The van der Waals surface area contributed by atoms with Gasteiger partial charge in [-0.3, -0.25) is 9.69 Å². The minimum absolute atomic E-state index is 0.143. The number of rotatable bonds is 7. The fourth-order valence-electron chi connectivity index (χ4n) is 3.51. The monoisotopic (exact) mass is 410 g/mol. The average Bonchev–Trinajstić information content (AvgIpc) is 2.77. The van der Waals surface area contributed by atoms with E-state index in [1.807, 2.05) is 53.4 Å². The summed E-state index contributed by atoms with van der Waals surface area (Å²) in [5.41, 5.74) is 2.87. The van der Waals surface area contributed by atoms with Crippen molar-refractivity contribution in [3.63, 3.8) is 0 Å². The summed E-state index contributed by atoms with van der Waals surface area (Å²) < 4.78 is 5.27. The normalized spacial score (nSPS) is 14.3. The molecule has 0 radical (unpaired) electrons. The highest BCUT2D eigenvalue weighted by Gasteiger charge is 2.17. The maximum atomic E-state index is 12.1. The first-order chi connectivity index (χ1) is 14.5. The second kappa shape index (κ2) is 10.6. The molecule has 0 unspecified atom stereocenters. The van der Waals surface area contributed by atoms with E-state index in [0.717, 1.165) is 61.7 Å². The summed E-state index contributed by atoms with van der Waals surface area (Å²) in [6, 6.07) is 15.4. The Morgan fingerprint density at radius 3 is 2.40 bits per heavy atom. The Morgan fingerprint density at radius 1 is 1.00 bits per heavy atom. The van der Waals surface area contributed by atoms with Crippen LogP contribution in [0.1, 0.15) is 13.3 Å². The van der Waals surface area contributed by atoms with E-state index in [9.17, 15) is 9.59 Å². The Kier molecular flexibility index (Phi) is 7.68. The van der Waals surface area contributed by atoms with Gasteiger partial charge in [-0.25, -0.2) is 4.79 Å². The van der Waals surface area contributed by atoms with Crippen LogP contribution in [0.25, 0.3) is 11.1 Å². The number of nitrogens with zero attached hydrogens (tertiary/aromatic N) is 2. The van der Waals surface area contributed by atoms with Crippen molar-refractivity contribution in [1.29, 1.82) is 0 Å². The summed E-state index contributed by atoms with van der Waals surface area (Å²) in [7, 11) is 1.65. The van der Waals surface area contributed by atoms with Crippen molar-refractivity contribution in [2.24, 2.45) is 0 Å². The van der Waals surface area contributed by atoms with Gasteiger partial charge >= 0.3 is 6.03 Å². The average molecular weight is 411 g/mol. The summed E-state index contributed by atoms with van der Waals surface area (Å²) in [6.45, 7) is 6.51. The quantitative estimate of drug-likeness (QED) is 0.688. The van der Waals surface area contributed by atoms with Crippen molar-refractivity contribution in [2.45, 2.75) is 13.3 Å². The molecule has 160 valence electrons. The molecular formula is C23H30N4O3. The van der Waals surface area contributed by atoms with Gasteiger partial charge in [0.1, 0.15) is 5.75 Å². The second-order valence-electron chi connectivity index (χ2n) is 7.39. The third-order valence-corrected chi connectivity index (χ3v) is 5.30. The first kappa shape index (κ1) is 21.6. The van der Waals surface area contributed by atoms with Crippen LogP contribution in [0, 0.1) is 0 Å². The molecular weight excluding hydrogens is 380 g/mol. The second-order valence-corrected chi connectivity index (χ2v) is 7.39. The molecule has 2 aromatic carbocycles. The molecule has 0 spiro atoms. The zero-order valence-corrected chi connectivity index (χ0v) is 17.7. The molecule has 0 atom stereocenters. The molecule has 0 aromatic heterocycles. The van der Waals surface area contributed by atoms with Gasteiger partial charge in [-0.05, 0) is 48.4 Å². The first-order valence-corrected chi connectivity index (χ1v) is 10.3. The summed E-state index contributed by atoms with van der Waals surface area (Å²) in [4.78, 5) is 27.7. The number of carbonyl (C=O) groups excluding carboxylic acids is 2. The van der Waals surface area contributed by atoms with Gasteiger partial charge in [-0.15, -0.1) is 0 Å². The summed E-state index contributed by atoms with van der Waals surface area (Å²) in [5, 5.41) is 5.77. The zero-order valence-electron chi connectivity index (χ0n) is 17.7. The molecule has 1 saturated heterocycles. The molecule has 0 bridgehead atoms. The molecule has 7 heteroatoms. The van der Waals surface area contributed by atoms with E-state index in [2.05, 4.69) is 15.5 Å². The number of piperazine rings is 1. The Bertz CT molecular complexity index is 846. The molecule has 1 aliphatic rings. The van der Waals surface area contributed by atoms with E-state index in [0.29, 0.717) is 6.54 Å². The molecule has 1 aliphatic heterocycles. The Hall–Kier alpha value is -3.06. The van der Waals surface area contributed by atoms with E-state index in [4.69, 9.17) is 4.74 Å². The number of anilines is 1. The molecule has 1 heterocycles. The van der Waals surface area contributed by atoms with Crippen LogP contribution in [-0.2, 0) is 4.79 Å². The highest BCUT2D eigenvalue weighted by atomic mass is 16.5. The Morgan fingerprint density at radius 2 is 1.73 bits per heavy atom. The maximum absolute atomic E-state index is 12.1. The van der Waals surface area contributed by atoms with E-state index < -0.39 is 0 Å². The van der Waals surface area contributed by atoms with E-state index in [1.54, 1.807) is 14.0 Å². The lowest BCUT2D eigenvalue weighted by Gasteiger charge is -2.34. The molecule has 0 saturated carbocycles. The van der Waals surface area contributed by atoms with Crippen molar-refractivity contribution in [2.75, 3.05) is 51.7 Å². The van der Waals surface area contributed by atoms with Crippen molar-refractivity contribution < 1.29 is 14.3 Å². The largest absolute Gasteiger partial charge is 0.497 e. The molecule has 1 fully saturated rings. The SMILES string of the molecule is COc1cccc(-c2ccc(NC(=O)NCCCN3CCN(C(C)=O)CC3)cc2)c1. The van der Waals surface area contributed by atoms with Gasteiger partial charge in [0.25, 0.3) is 0 Å². The van der Waals surface area contributed by atoms with Crippen LogP contribution in [0.15, 0.2) is 48.5 Å². The van der Waals surface area contributed by atoms with Gasteiger partial charge < -0.3 is 20.3 Å². The topological polar surface area (TPSA) is 73.9 Å². The number of hydrogen-bond acceptors (Lipinski definition) is 4. The highest BCUT2D eigenvalue weighted by molar-refractivity contribution is 5.89. The van der Waals surface area contributed by atoms with Crippen molar-refractivity contribution in [1.82, 2.24) is 15.1 Å². The van der Waals surface area contributed by atoms with E-state index in [1.165, 1.54) is 0 Å². The fourth-order valence-corrected chi connectivity index (χ4v) is 3.51. The number of carbonyl (C=O) groups is 2. The smallest absolute Gasteiger partial charge is 0.319 e. The first-order valence-electron chi connectivity index (χ1n) is 10.3. The van der Waals surface area contributed by atoms with Gasteiger partial charge in [0, 0.05) is 45.3 Å². The summed E-state index contributed by atoms with van der Waals surface area (Å²) in [5.74, 6) is 0.958. The number of urea groups is 1. The zero-order chi connectivity index (χ0) is 21.3. The number of amides is 3. The van der Waals surface area contributed by atoms with Crippen LogP contribution in [0.5, 0.6) is 5.75 Å². The number of ether oxygens (including phenoxy) is 1. The highest BCUT2D eigenvalue weighted by Crippen LogP contribution is 2.25. The number of hydrogen-bond donors (Lipinski definition) is 2. The van der Waals surface area contributed by atoms with Gasteiger partial charge in [-0.2, -0.15) is 0 Å².